The number of carbonyl (C=O) groups is 2. The molecule has 1 aromatic rings. The molecule has 1 aliphatic rings. The predicted octanol–water partition coefficient (Wildman–Crippen LogP) is 2.01. The Kier molecular flexibility index (Phi) is 12.3. The van der Waals surface area contributed by atoms with E-state index in [4.69, 9.17) is 33.3 Å². The topological polar surface area (TPSA) is 249 Å². The van der Waals surface area contributed by atoms with Crippen molar-refractivity contribution < 1.29 is 60.9 Å². The van der Waals surface area contributed by atoms with Crippen molar-refractivity contribution in [2.24, 2.45) is 5.11 Å². The summed E-state index contributed by atoms with van der Waals surface area (Å²) in [6.07, 6.45) is -9.06. The number of phosphoric ester groups is 1. The molecule has 230 valence electrons. The van der Waals surface area contributed by atoms with Crippen LogP contribution in [-0.2, 0) is 41.8 Å². The van der Waals surface area contributed by atoms with Gasteiger partial charge in [-0.15, -0.1) is 0 Å². The van der Waals surface area contributed by atoms with Gasteiger partial charge in [0.1, 0.15) is 11.7 Å². The fourth-order valence-electron chi connectivity index (χ4n) is 3.14. The first-order valence-electron chi connectivity index (χ1n) is 11.7. The van der Waals surface area contributed by atoms with E-state index in [1.165, 1.54) is 27.7 Å². The fourth-order valence-corrected chi connectivity index (χ4v) is 4.10. The molecular formula is C20H29FN5O14P. The van der Waals surface area contributed by atoms with Gasteiger partial charge in [0, 0.05) is 17.2 Å². The third kappa shape index (κ3) is 9.82. The number of aromatic nitrogens is 2. The van der Waals surface area contributed by atoms with Crippen LogP contribution in [0.4, 0.5) is 14.0 Å². The van der Waals surface area contributed by atoms with E-state index in [-0.39, 0.29) is 0 Å². The number of hydrogen-bond acceptors (Lipinski definition) is 15. The summed E-state index contributed by atoms with van der Waals surface area (Å²) in [5, 5.41) is 13.9. The third-order valence-corrected chi connectivity index (χ3v) is 6.19. The van der Waals surface area contributed by atoms with Gasteiger partial charge >= 0.3 is 25.8 Å². The molecule has 19 nitrogen and oxygen atoms in total. The number of ether oxygens (including phenoxy) is 5. The summed E-state index contributed by atoms with van der Waals surface area (Å²) in [7, 11) is -4.91. The van der Waals surface area contributed by atoms with E-state index in [1.54, 1.807) is 0 Å². The lowest BCUT2D eigenvalue weighted by atomic mass is 9.97. The number of aliphatic hydroxyl groups excluding tert-OH is 1. The monoisotopic (exact) mass is 613 g/mol. The third-order valence-electron chi connectivity index (χ3n) is 4.90. The van der Waals surface area contributed by atoms with Crippen LogP contribution in [0.1, 0.15) is 33.9 Å². The van der Waals surface area contributed by atoms with Crippen molar-refractivity contribution in [3.63, 3.8) is 0 Å². The minimum absolute atomic E-state index is 0.569. The number of rotatable bonds is 14. The van der Waals surface area contributed by atoms with E-state index in [2.05, 4.69) is 19.5 Å². The molecule has 0 bridgehead atoms. The van der Waals surface area contributed by atoms with Gasteiger partial charge in [0.05, 0.1) is 25.4 Å². The Balaban J connectivity index is 2.26. The molecule has 0 aliphatic carbocycles. The van der Waals surface area contributed by atoms with E-state index < -0.39 is 94.4 Å². The summed E-state index contributed by atoms with van der Waals surface area (Å²) < 4.78 is 68.2. The Morgan fingerprint density at radius 2 is 1.73 bits per heavy atom. The highest BCUT2D eigenvalue weighted by atomic mass is 31.2. The van der Waals surface area contributed by atoms with Gasteiger partial charge in [-0.2, -0.15) is 0 Å². The summed E-state index contributed by atoms with van der Waals surface area (Å²) in [4.78, 5) is 51.2. The van der Waals surface area contributed by atoms with Crippen LogP contribution in [0.25, 0.3) is 10.4 Å². The van der Waals surface area contributed by atoms with Gasteiger partial charge in [0.15, 0.2) is 12.4 Å². The highest BCUT2D eigenvalue weighted by Gasteiger charge is 2.57. The number of hydrogen-bond donors (Lipinski definition) is 2. The second-order valence-electron chi connectivity index (χ2n) is 8.71. The molecule has 0 amide bonds. The first-order chi connectivity index (χ1) is 19.2. The van der Waals surface area contributed by atoms with Crippen molar-refractivity contribution in [2.45, 2.75) is 64.0 Å². The lowest BCUT2D eigenvalue weighted by Crippen LogP contribution is -2.48. The predicted molar refractivity (Wildman–Crippen MR) is 130 cm³/mol. The number of halogens is 1. The molecular weight excluding hydrogens is 584 g/mol. The number of phosphoric acid groups is 1. The van der Waals surface area contributed by atoms with Crippen molar-refractivity contribution in [3.8, 4) is 0 Å². The van der Waals surface area contributed by atoms with E-state index in [1.807, 2.05) is 4.98 Å². The maximum absolute atomic E-state index is 15.2. The number of carbonyl (C=O) groups excluding carboxylic acids is 2. The molecule has 0 unspecified atom stereocenters. The van der Waals surface area contributed by atoms with Gasteiger partial charge in [-0.1, -0.05) is 5.11 Å². The van der Waals surface area contributed by atoms with Crippen molar-refractivity contribution in [1.82, 2.24) is 9.55 Å². The molecule has 2 heterocycles. The molecule has 0 aromatic carbocycles. The van der Waals surface area contributed by atoms with E-state index in [0.717, 1.165) is 12.3 Å². The Labute approximate surface area is 230 Å². The van der Waals surface area contributed by atoms with Crippen LogP contribution in [0, 0.1) is 0 Å². The Morgan fingerprint density at radius 3 is 2.22 bits per heavy atom. The van der Waals surface area contributed by atoms with Gasteiger partial charge in [0.25, 0.3) is 5.56 Å². The van der Waals surface area contributed by atoms with E-state index >= 15 is 4.39 Å². The number of nitrogens with zero attached hydrogens (tertiary/aromatic N) is 4. The number of alkyl halides is 1. The number of aliphatic hydroxyl groups is 1. The summed E-state index contributed by atoms with van der Waals surface area (Å²) in [6, 6.07) is 0.887. The minimum atomic E-state index is -4.91. The smallest absolute Gasteiger partial charge is 0.432 e. The molecule has 2 rings (SSSR count). The molecule has 21 heteroatoms. The van der Waals surface area contributed by atoms with Gasteiger partial charge in [-0.25, -0.2) is 32.4 Å². The van der Waals surface area contributed by atoms with Crippen molar-refractivity contribution in [1.29, 1.82) is 0 Å². The SMILES string of the molecule is CC(C)OC(=O)OCOP(=O)(OCOC(=O)OC(C)C)OC[C@@]1(CN=[N+]=[N-])O[C@@H](n2ccc(=O)[nH]c2=O)[C@H](F)[C@@H]1O. The van der Waals surface area contributed by atoms with Crippen molar-refractivity contribution >= 4 is 20.1 Å². The minimum Gasteiger partial charge on any atom is -0.432 e. The number of aromatic amines is 1. The van der Waals surface area contributed by atoms with E-state index in [0.29, 0.717) is 4.57 Å². The number of azide groups is 1. The van der Waals surface area contributed by atoms with Crippen LogP contribution in [0.2, 0.25) is 0 Å². The van der Waals surface area contributed by atoms with Gasteiger partial charge < -0.3 is 28.8 Å². The summed E-state index contributed by atoms with van der Waals surface area (Å²) >= 11 is 0. The zero-order valence-electron chi connectivity index (χ0n) is 22.2. The van der Waals surface area contributed by atoms with Gasteiger partial charge in [-0.3, -0.25) is 18.9 Å². The Bertz CT molecular complexity index is 1240. The summed E-state index contributed by atoms with van der Waals surface area (Å²) in [5.41, 5.74) is 4.62. The first-order valence-corrected chi connectivity index (χ1v) is 13.2. The lowest BCUT2D eigenvalue weighted by Gasteiger charge is -2.31. The average molecular weight is 613 g/mol. The van der Waals surface area contributed by atoms with Crippen LogP contribution in [0.15, 0.2) is 27.0 Å². The highest BCUT2D eigenvalue weighted by Crippen LogP contribution is 2.51. The fraction of sp³-hybridized carbons (Fsp3) is 0.700. The van der Waals surface area contributed by atoms with Crippen LogP contribution in [-0.4, -0.2) is 83.8 Å². The second kappa shape index (κ2) is 14.9. The Morgan fingerprint density at radius 1 is 1.17 bits per heavy atom. The lowest BCUT2D eigenvalue weighted by molar-refractivity contribution is -0.125. The molecule has 2 N–H and O–H groups in total. The van der Waals surface area contributed by atoms with Crippen LogP contribution < -0.4 is 11.2 Å². The molecule has 0 saturated carbocycles. The molecule has 0 radical (unpaired) electrons. The first kappa shape index (κ1) is 33.7. The Hall–Kier alpha value is -3.51. The maximum Gasteiger partial charge on any atom is 0.510 e. The molecule has 0 spiro atoms. The molecule has 1 saturated heterocycles. The zero-order valence-corrected chi connectivity index (χ0v) is 23.1. The van der Waals surface area contributed by atoms with Crippen molar-refractivity contribution in [3.05, 3.63) is 43.5 Å². The average Bonchev–Trinajstić information content (AvgIpc) is 3.11. The molecule has 41 heavy (non-hydrogen) atoms. The van der Waals surface area contributed by atoms with Crippen LogP contribution >= 0.6 is 7.82 Å². The normalized spacial score (nSPS) is 22.3. The van der Waals surface area contributed by atoms with E-state index in [9.17, 15) is 28.8 Å². The molecule has 1 fully saturated rings. The quantitative estimate of drug-likeness (QED) is 0.0761. The molecule has 1 aromatic heterocycles. The molecule has 4 atom stereocenters. The summed E-state index contributed by atoms with van der Waals surface area (Å²) in [6.45, 7) is 2.04. The van der Waals surface area contributed by atoms with Gasteiger partial charge in [0.2, 0.25) is 13.6 Å². The van der Waals surface area contributed by atoms with Crippen molar-refractivity contribution in [2.75, 3.05) is 26.7 Å². The standard InChI is InChI=1S/C20H29FN5O14P/c1-11(2)38-18(30)33-9-36-41(32,37-10-34-19(31)39-12(3)4)35-8-20(7-23-25-22)15(28)14(21)16(40-20)26-6-5-13(27)24-17(26)29/h5-6,11-12,14-16,28H,7-10H2,1-4H3,(H,24,27,29)/t14-,15+,16-,20-/m1/s1. The highest BCUT2D eigenvalue weighted by molar-refractivity contribution is 7.48. The largest absolute Gasteiger partial charge is 0.510 e. The summed E-state index contributed by atoms with van der Waals surface area (Å²) in [5.74, 6) is 0. The second-order valence-corrected chi connectivity index (χ2v) is 10.4. The number of nitrogens with one attached hydrogen (secondary N) is 1. The van der Waals surface area contributed by atoms with Crippen LogP contribution in [0.3, 0.4) is 0 Å². The number of H-pyrrole nitrogens is 1. The van der Waals surface area contributed by atoms with Crippen LogP contribution in [0.5, 0.6) is 0 Å². The molecule has 1 aliphatic heterocycles. The zero-order chi connectivity index (χ0) is 30.8. The van der Waals surface area contributed by atoms with Gasteiger partial charge in [-0.05, 0) is 33.2 Å². The maximum atomic E-state index is 15.2.